The number of hydrogen-bond acceptors (Lipinski definition) is 6. The molecule has 0 aromatic carbocycles. The van der Waals surface area contributed by atoms with E-state index < -0.39 is 17.8 Å². The second-order valence-electron chi connectivity index (χ2n) is 4.97. The van der Waals surface area contributed by atoms with Crippen molar-refractivity contribution >= 4 is 0 Å². The van der Waals surface area contributed by atoms with Crippen molar-refractivity contribution in [2.45, 2.75) is 44.5 Å². The lowest BCUT2D eigenvalue weighted by Gasteiger charge is -2.22. The van der Waals surface area contributed by atoms with Gasteiger partial charge in [-0.15, -0.1) is 0 Å². The minimum Gasteiger partial charge on any atom is -0.394 e. The molecule has 4 N–H and O–H groups in total. The number of aliphatic hydroxyl groups excluding tert-OH is 3. The summed E-state index contributed by atoms with van der Waals surface area (Å²) in [6.07, 6.45) is -1.14. The Hall–Kier alpha value is -0.240. The molecule has 0 rings (SSSR count). The Bertz CT molecular complexity index is 191. The van der Waals surface area contributed by atoms with Crippen LogP contribution in [0.2, 0.25) is 0 Å². The van der Waals surface area contributed by atoms with Gasteiger partial charge in [0.15, 0.2) is 0 Å². The SMILES string of the molecule is CC(C)(O)CC(O)CC(O)COCCOCCO. The smallest absolute Gasteiger partial charge is 0.0798 e. The van der Waals surface area contributed by atoms with E-state index in [4.69, 9.17) is 14.6 Å². The zero-order valence-corrected chi connectivity index (χ0v) is 11.2. The highest BCUT2D eigenvalue weighted by Crippen LogP contribution is 2.14. The highest BCUT2D eigenvalue weighted by atomic mass is 16.5. The van der Waals surface area contributed by atoms with E-state index in [9.17, 15) is 15.3 Å². The zero-order valence-electron chi connectivity index (χ0n) is 11.2. The molecule has 0 saturated heterocycles. The van der Waals surface area contributed by atoms with E-state index in [1.807, 2.05) is 0 Å². The molecule has 2 atom stereocenters. The fourth-order valence-corrected chi connectivity index (χ4v) is 1.55. The van der Waals surface area contributed by atoms with E-state index in [1.54, 1.807) is 13.8 Å². The Morgan fingerprint density at radius 2 is 1.61 bits per heavy atom. The molecule has 6 heteroatoms. The highest BCUT2D eigenvalue weighted by molar-refractivity contribution is 4.73. The fraction of sp³-hybridized carbons (Fsp3) is 1.00. The molecule has 0 radical (unpaired) electrons. The van der Waals surface area contributed by atoms with Gasteiger partial charge < -0.3 is 29.9 Å². The summed E-state index contributed by atoms with van der Waals surface area (Å²) in [4.78, 5) is 0. The quantitative estimate of drug-likeness (QED) is 0.369. The van der Waals surface area contributed by atoms with Crippen LogP contribution in [0.5, 0.6) is 0 Å². The molecule has 18 heavy (non-hydrogen) atoms. The van der Waals surface area contributed by atoms with Gasteiger partial charge in [-0.3, -0.25) is 0 Å². The number of hydrogen-bond donors (Lipinski definition) is 4. The van der Waals surface area contributed by atoms with Gasteiger partial charge >= 0.3 is 0 Å². The Labute approximate surface area is 108 Å². The van der Waals surface area contributed by atoms with Crippen molar-refractivity contribution in [3.63, 3.8) is 0 Å². The molecule has 0 spiro atoms. The maximum atomic E-state index is 9.60. The fourth-order valence-electron chi connectivity index (χ4n) is 1.55. The second-order valence-corrected chi connectivity index (χ2v) is 4.97. The van der Waals surface area contributed by atoms with Crippen LogP contribution in [0.25, 0.3) is 0 Å². The van der Waals surface area contributed by atoms with Gasteiger partial charge in [-0.05, 0) is 13.8 Å². The summed E-state index contributed by atoms with van der Waals surface area (Å²) < 4.78 is 10.1. The minimum absolute atomic E-state index is 0.0221. The Morgan fingerprint density at radius 1 is 1.00 bits per heavy atom. The molecule has 0 bridgehead atoms. The first kappa shape index (κ1) is 17.8. The van der Waals surface area contributed by atoms with Crippen molar-refractivity contribution in [2.75, 3.05) is 33.0 Å². The second kappa shape index (κ2) is 9.66. The van der Waals surface area contributed by atoms with Crippen LogP contribution in [-0.2, 0) is 9.47 Å². The molecule has 0 saturated carbocycles. The van der Waals surface area contributed by atoms with Crippen molar-refractivity contribution in [1.29, 1.82) is 0 Å². The Kier molecular flexibility index (Phi) is 9.53. The van der Waals surface area contributed by atoms with E-state index in [0.717, 1.165) is 0 Å². The van der Waals surface area contributed by atoms with Gasteiger partial charge in [-0.25, -0.2) is 0 Å². The molecule has 2 unspecified atom stereocenters. The van der Waals surface area contributed by atoms with Gasteiger partial charge in [-0.1, -0.05) is 0 Å². The predicted molar refractivity (Wildman–Crippen MR) is 66.3 cm³/mol. The van der Waals surface area contributed by atoms with Gasteiger partial charge in [0.2, 0.25) is 0 Å². The number of aliphatic hydroxyl groups is 4. The van der Waals surface area contributed by atoms with Crippen LogP contribution in [0.3, 0.4) is 0 Å². The van der Waals surface area contributed by atoms with Gasteiger partial charge in [-0.2, -0.15) is 0 Å². The lowest BCUT2D eigenvalue weighted by molar-refractivity contribution is -0.0330. The van der Waals surface area contributed by atoms with Crippen molar-refractivity contribution in [3.8, 4) is 0 Å². The van der Waals surface area contributed by atoms with Gasteiger partial charge in [0, 0.05) is 12.8 Å². The highest BCUT2D eigenvalue weighted by Gasteiger charge is 2.20. The molecule has 0 aromatic rings. The summed E-state index contributed by atoms with van der Waals surface area (Å²) >= 11 is 0. The summed E-state index contributed by atoms with van der Waals surface area (Å²) in [5.41, 5.74) is -0.946. The van der Waals surface area contributed by atoms with Crippen molar-refractivity contribution in [1.82, 2.24) is 0 Å². The topological polar surface area (TPSA) is 99.4 Å². The normalized spacial score (nSPS) is 15.7. The van der Waals surface area contributed by atoms with E-state index in [1.165, 1.54) is 0 Å². The largest absolute Gasteiger partial charge is 0.394 e. The van der Waals surface area contributed by atoms with Crippen LogP contribution in [0.15, 0.2) is 0 Å². The first-order chi connectivity index (χ1) is 8.35. The summed E-state index contributed by atoms with van der Waals surface area (Å²) in [6, 6.07) is 0. The molecule has 0 aliphatic heterocycles. The standard InChI is InChI=1S/C12H26O6/c1-12(2,16)8-10(14)7-11(15)9-18-6-5-17-4-3-13/h10-11,13-16H,3-9H2,1-2H3. The Morgan fingerprint density at radius 3 is 2.17 bits per heavy atom. The monoisotopic (exact) mass is 266 g/mol. The molecule has 6 nitrogen and oxygen atoms in total. The number of rotatable bonds is 11. The minimum atomic E-state index is -0.946. The van der Waals surface area contributed by atoms with Gasteiger partial charge in [0.1, 0.15) is 0 Å². The third-order valence-corrected chi connectivity index (χ3v) is 2.20. The Balaban J connectivity index is 3.50. The molecule has 0 aliphatic carbocycles. The van der Waals surface area contributed by atoms with E-state index >= 15 is 0 Å². The summed E-state index contributed by atoms with van der Waals surface area (Å²) in [5.74, 6) is 0. The van der Waals surface area contributed by atoms with Gasteiger partial charge in [0.25, 0.3) is 0 Å². The van der Waals surface area contributed by atoms with E-state index in [2.05, 4.69) is 0 Å². The average molecular weight is 266 g/mol. The summed E-state index contributed by atoms with van der Waals surface area (Å²) in [7, 11) is 0. The molecule has 110 valence electrons. The van der Waals surface area contributed by atoms with Crippen molar-refractivity contribution < 1.29 is 29.9 Å². The van der Waals surface area contributed by atoms with E-state index in [-0.39, 0.29) is 32.7 Å². The van der Waals surface area contributed by atoms with Crippen molar-refractivity contribution in [2.24, 2.45) is 0 Å². The molecular formula is C12H26O6. The van der Waals surface area contributed by atoms with Crippen LogP contribution < -0.4 is 0 Å². The zero-order chi connectivity index (χ0) is 14.0. The summed E-state index contributed by atoms with van der Waals surface area (Å²) in [6.45, 7) is 4.28. The lowest BCUT2D eigenvalue weighted by atomic mass is 9.97. The average Bonchev–Trinajstić information content (AvgIpc) is 2.20. The molecular weight excluding hydrogens is 240 g/mol. The predicted octanol–water partition coefficient (Wildman–Crippen LogP) is -0.715. The molecule has 0 aromatic heterocycles. The number of ether oxygens (including phenoxy) is 2. The third-order valence-electron chi connectivity index (χ3n) is 2.20. The van der Waals surface area contributed by atoms with Crippen LogP contribution in [0.1, 0.15) is 26.7 Å². The third kappa shape index (κ3) is 12.2. The molecule has 0 fully saturated rings. The molecule has 0 heterocycles. The molecule has 0 amide bonds. The lowest BCUT2D eigenvalue weighted by Crippen LogP contribution is -2.30. The molecule has 0 aliphatic rings. The van der Waals surface area contributed by atoms with Crippen LogP contribution in [0, 0.1) is 0 Å². The first-order valence-electron chi connectivity index (χ1n) is 6.20. The maximum absolute atomic E-state index is 9.60. The van der Waals surface area contributed by atoms with Crippen molar-refractivity contribution in [3.05, 3.63) is 0 Å². The van der Waals surface area contributed by atoms with Gasteiger partial charge in [0.05, 0.1) is 50.8 Å². The maximum Gasteiger partial charge on any atom is 0.0798 e. The van der Waals surface area contributed by atoms with Crippen LogP contribution in [0.4, 0.5) is 0 Å². The first-order valence-corrected chi connectivity index (χ1v) is 6.20. The van der Waals surface area contributed by atoms with E-state index in [0.29, 0.717) is 13.2 Å². The van der Waals surface area contributed by atoms with Crippen LogP contribution in [-0.4, -0.2) is 71.3 Å². The van der Waals surface area contributed by atoms with Crippen LogP contribution >= 0.6 is 0 Å². The summed E-state index contributed by atoms with van der Waals surface area (Å²) in [5, 5.41) is 37.1.